The lowest BCUT2D eigenvalue weighted by Gasteiger charge is -2.23. The first-order valence-corrected chi connectivity index (χ1v) is 8.06. The fourth-order valence-corrected chi connectivity index (χ4v) is 2.55. The van der Waals surface area contributed by atoms with Crippen molar-refractivity contribution in [1.82, 2.24) is 15.1 Å². The van der Waals surface area contributed by atoms with Crippen molar-refractivity contribution < 1.29 is 9.90 Å². The highest BCUT2D eigenvalue weighted by molar-refractivity contribution is 5.91. The zero-order valence-electron chi connectivity index (χ0n) is 14.9. The number of amides is 2. The first kappa shape index (κ1) is 18.0. The lowest BCUT2D eigenvalue weighted by molar-refractivity contribution is 0.0599. The molecule has 1 unspecified atom stereocenters. The van der Waals surface area contributed by atoms with Crippen LogP contribution in [0.15, 0.2) is 30.6 Å². The van der Waals surface area contributed by atoms with E-state index in [1.807, 2.05) is 25.1 Å². The van der Waals surface area contributed by atoms with Gasteiger partial charge in [-0.25, -0.2) is 4.79 Å². The third-order valence-electron chi connectivity index (χ3n) is 4.09. The molecule has 3 N–H and O–H groups in total. The Hall–Kier alpha value is -2.34. The highest BCUT2D eigenvalue weighted by Crippen LogP contribution is 2.27. The number of benzene rings is 1. The minimum absolute atomic E-state index is 0.0907. The quantitative estimate of drug-likeness (QED) is 0.789. The van der Waals surface area contributed by atoms with Crippen molar-refractivity contribution in [3.05, 3.63) is 47.3 Å². The number of rotatable bonds is 5. The molecule has 0 aliphatic carbocycles. The summed E-state index contributed by atoms with van der Waals surface area (Å²) in [4.78, 5) is 12.3. The Morgan fingerprint density at radius 1 is 1.42 bits per heavy atom. The summed E-state index contributed by atoms with van der Waals surface area (Å²) < 4.78 is 1.62. The van der Waals surface area contributed by atoms with E-state index in [1.54, 1.807) is 31.0 Å². The third kappa shape index (κ3) is 4.14. The maximum Gasteiger partial charge on any atom is 0.319 e. The molecule has 0 spiro atoms. The van der Waals surface area contributed by atoms with Crippen LogP contribution in [0.1, 0.15) is 43.4 Å². The molecule has 2 rings (SSSR count). The Morgan fingerprint density at radius 2 is 2.12 bits per heavy atom. The molecule has 130 valence electrons. The maximum atomic E-state index is 12.3. The second-order valence-electron chi connectivity index (χ2n) is 6.68. The number of hydrogen-bond donors (Lipinski definition) is 3. The SMILES string of the molecule is Cc1cccc(C(C)C)c1NC(=O)NCC(C)(O)c1cnn(C)c1. The number of hydrogen-bond acceptors (Lipinski definition) is 3. The molecule has 1 aromatic carbocycles. The molecule has 6 nitrogen and oxygen atoms in total. The Balaban J connectivity index is 2.04. The van der Waals surface area contributed by atoms with Crippen LogP contribution in [-0.2, 0) is 12.6 Å². The number of aryl methyl sites for hydroxylation is 2. The molecule has 1 atom stereocenters. The van der Waals surface area contributed by atoms with Gasteiger partial charge in [-0.15, -0.1) is 0 Å². The fourth-order valence-electron chi connectivity index (χ4n) is 2.55. The van der Waals surface area contributed by atoms with Gasteiger partial charge in [0.2, 0.25) is 0 Å². The van der Waals surface area contributed by atoms with Crippen molar-refractivity contribution in [3.8, 4) is 0 Å². The van der Waals surface area contributed by atoms with Crippen LogP contribution in [-0.4, -0.2) is 27.5 Å². The van der Waals surface area contributed by atoms with E-state index >= 15 is 0 Å². The summed E-state index contributed by atoms with van der Waals surface area (Å²) in [5, 5.41) is 20.2. The smallest absolute Gasteiger partial charge is 0.319 e. The van der Waals surface area contributed by atoms with E-state index in [4.69, 9.17) is 0 Å². The maximum absolute atomic E-state index is 12.3. The van der Waals surface area contributed by atoms with Crippen molar-refractivity contribution in [1.29, 1.82) is 0 Å². The summed E-state index contributed by atoms with van der Waals surface area (Å²) in [6, 6.07) is 5.63. The van der Waals surface area contributed by atoms with E-state index in [0.717, 1.165) is 16.8 Å². The number of carbonyl (C=O) groups is 1. The highest BCUT2D eigenvalue weighted by Gasteiger charge is 2.25. The van der Waals surface area contributed by atoms with Gasteiger partial charge < -0.3 is 15.7 Å². The molecular formula is C18H26N4O2. The van der Waals surface area contributed by atoms with Crippen molar-refractivity contribution in [3.63, 3.8) is 0 Å². The molecule has 24 heavy (non-hydrogen) atoms. The van der Waals surface area contributed by atoms with E-state index in [0.29, 0.717) is 11.5 Å². The number of urea groups is 1. The lowest BCUT2D eigenvalue weighted by Crippen LogP contribution is -2.40. The standard InChI is InChI=1S/C18H26N4O2/c1-12(2)15-8-6-7-13(3)16(15)21-17(23)19-11-18(4,24)14-9-20-22(5)10-14/h6-10,12,24H,11H2,1-5H3,(H2,19,21,23). The van der Waals surface area contributed by atoms with Crippen molar-refractivity contribution >= 4 is 11.7 Å². The average molecular weight is 330 g/mol. The van der Waals surface area contributed by atoms with Gasteiger partial charge in [-0.2, -0.15) is 5.10 Å². The van der Waals surface area contributed by atoms with Gasteiger partial charge in [0, 0.05) is 24.5 Å². The Labute approximate surface area is 142 Å². The first-order chi connectivity index (χ1) is 11.2. The van der Waals surface area contributed by atoms with Crippen LogP contribution in [0.5, 0.6) is 0 Å². The molecule has 0 radical (unpaired) electrons. The fraction of sp³-hybridized carbons (Fsp3) is 0.444. The summed E-state index contributed by atoms with van der Waals surface area (Å²) in [5.41, 5.74) is 2.40. The van der Waals surface area contributed by atoms with Crippen LogP contribution >= 0.6 is 0 Å². The van der Waals surface area contributed by atoms with Gasteiger partial charge in [0.05, 0.1) is 12.7 Å². The molecule has 0 fully saturated rings. The Bertz CT molecular complexity index is 720. The molecule has 0 saturated carbocycles. The van der Waals surface area contributed by atoms with Gasteiger partial charge in [-0.3, -0.25) is 4.68 Å². The largest absolute Gasteiger partial charge is 0.383 e. The Morgan fingerprint density at radius 3 is 2.71 bits per heavy atom. The van der Waals surface area contributed by atoms with Gasteiger partial charge in [0.1, 0.15) is 5.60 Å². The third-order valence-corrected chi connectivity index (χ3v) is 4.09. The van der Waals surface area contributed by atoms with E-state index in [1.165, 1.54) is 0 Å². The number of para-hydroxylation sites is 1. The van der Waals surface area contributed by atoms with Crippen LogP contribution in [0.2, 0.25) is 0 Å². The van der Waals surface area contributed by atoms with Crippen molar-refractivity contribution in [2.45, 2.75) is 39.2 Å². The summed E-state index contributed by atoms with van der Waals surface area (Å²) in [6.07, 6.45) is 3.33. The minimum Gasteiger partial charge on any atom is -0.383 e. The predicted octanol–water partition coefficient (Wildman–Crippen LogP) is 2.88. The van der Waals surface area contributed by atoms with Crippen LogP contribution in [0.3, 0.4) is 0 Å². The summed E-state index contributed by atoms with van der Waals surface area (Å²) >= 11 is 0. The monoisotopic (exact) mass is 330 g/mol. The Kier molecular flexibility index (Phi) is 5.29. The average Bonchev–Trinajstić information content (AvgIpc) is 2.94. The lowest BCUT2D eigenvalue weighted by atomic mass is 9.98. The number of aromatic nitrogens is 2. The number of aliphatic hydroxyl groups is 1. The second-order valence-corrected chi connectivity index (χ2v) is 6.68. The number of nitrogens with zero attached hydrogens (tertiary/aromatic N) is 2. The zero-order valence-corrected chi connectivity index (χ0v) is 14.9. The predicted molar refractivity (Wildman–Crippen MR) is 95.1 cm³/mol. The molecule has 0 saturated heterocycles. The van der Waals surface area contributed by atoms with Gasteiger partial charge >= 0.3 is 6.03 Å². The number of nitrogens with one attached hydrogen (secondary N) is 2. The minimum atomic E-state index is -1.18. The number of carbonyl (C=O) groups excluding carboxylic acids is 1. The number of anilines is 1. The normalized spacial score (nSPS) is 13.6. The molecule has 6 heteroatoms. The van der Waals surface area contributed by atoms with Crippen LogP contribution in [0.25, 0.3) is 0 Å². The molecule has 0 aliphatic rings. The topological polar surface area (TPSA) is 79.2 Å². The zero-order chi connectivity index (χ0) is 17.9. The highest BCUT2D eigenvalue weighted by atomic mass is 16.3. The molecule has 2 aromatic rings. The molecule has 0 bridgehead atoms. The van der Waals surface area contributed by atoms with E-state index in [-0.39, 0.29) is 12.6 Å². The summed E-state index contributed by atoms with van der Waals surface area (Å²) in [5.74, 6) is 0.304. The van der Waals surface area contributed by atoms with E-state index in [2.05, 4.69) is 29.6 Å². The van der Waals surface area contributed by atoms with Gasteiger partial charge in [-0.05, 0) is 30.9 Å². The molecular weight excluding hydrogens is 304 g/mol. The molecule has 0 aliphatic heterocycles. The molecule has 2 amide bonds. The molecule has 1 aromatic heterocycles. The van der Waals surface area contributed by atoms with Crippen LogP contribution in [0, 0.1) is 6.92 Å². The van der Waals surface area contributed by atoms with E-state index in [9.17, 15) is 9.90 Å². The first-order valence-electron chi connectivity index (χ1n) is 8.06. The summed E-state index contributed by atoms with van der Waals surface area (Å²) in [7, 11) is 1.78. The van der Waals surface area contributed by atoms with Crippen LogP contribution in [0.4, 0.5) is 10.5 Å². The summed E-state index contributed by atoms with van der Waals surface area (Å²) in [6.45, 7) is 7.88. The van der Waals surface area contributed by atoms with Gasteiger partial charge in [-0.1, -0.05) is 32.0 Å². The van der Waals surface area contributed by atoms with Crippen molar-refractivity contribution in [2.75, 3.05) is 11.9 Å². The van der Waals surface area contributed by atoms with Gasteiger partial charge in [0.25, 0.3) is 0 Å². The van der Waals surface area contributed by atoms with Crippen LogP contribution < -0.4 is 10.6 Å². The van der Waals surface area contributed by atoms with Crippen molar-refractivity contribution in [2.24, 2.45) is 7.05 Å². The molecule has 1 heterocycles. The van der Waals surface area contributed by atoms with E-state index < -0.39 is 5.60 Å². The second kappa shape index (κ2) is 7.05. The van der Waals surface area contributed by atoms with Gasteiger partial charge in [0.15, 0.2) is 0 Å².